The third kappa shape index (κ3) is 57.1. The second-order valence-electron chi connectivity index (χ2n) is 21.7. The highest BCUT2D eigenvalue weighted by atomic mass is 16.6. The zero-order chi connectivity index (χ0) is 50.7. The molecule has 0 aromatic rings. The summed E-state index contributed by atoms with van der Waals surface area (Å²) < 4.78 is 16.8. The SMILES string of the molecule is CCC/C=C\CCCCCCCC(=O)OCC(COC(=O)CCCCCCCCCCCCCCCCCCCCCCCCCCCCCCCCC)OC(=O)CCCCCCCCCCCCC. The van der Waals surface area contributed by atoms with E-state index in [1.807, 2.05) is 0 Å². The first-order chi connectivity index (χ1) is 34.5. The molecule has 1 atom stereocenters. The van der Waals surface area contributed by atoms with Gasteiger partial charge >= 0.3 is 17.9 Å². The van der Waals surface area contributed by atoms with Gasteiger partial charge in [0, 0.05) is 19.3 Å². The molecule has 0 spiro atoms. The minimum Gasteiger partial charge on any atom is -0.462 e. The lowest BCUT2D eigenvalue weighted by molar-refractivity contribution is -0.167. The van der Waals surface area contributed by atoms with Crippen LogP contribution < -0.4 is 0 Å². The van der Waals surface area contributed by atoms with Crippen LogP contribution >= 0.6 is 0 Å². The largest absolute Gasteiger partial charge is 0.462 e. The number of rotatable bonds is 59. The van der Waals surface area contributed by atoms with Crippen molar-refractivity contribution in [3.8, 4) is 0 Å². The second-order valence-corrected chi connectivity index (χ2v) is 21.7. The maximum Gasteiger partial charge on any atom is 0.306 e. The Morgan fingerprint density at radius 3 is 0.771 bits per heavy atom. The molecule has 0 bridgehead atoms. The van der Waals surface area contributed by atoms with Crippen LogP contribution in [0.3, 0.4) is 0 Å². The minimum absolute atomic E-state index is 0.0670. The molecule has 414 valence electrons. The molecule has 0 fully saturated rings. The lowest BCUT2D eigenvalue weighted by Gasteiger charge is -2.18. The normalized spacial score (nSPS) is 12.0. The quantitative estimate of drug-likeness (QED) is 0.0261. The van der Waals surface area contributed by atoms with Gasteiger partial charge < -0.3 is 14.2 Å². The van der Waals surface area contributed by atoms with Crippen molar-refractivity contribution in [2.24, 2.45) is 0 Å². The number of carbonyl (C=O) groups is 3. The van der Waals surface area contributed by atoms with Crippen molar-refractivity contribution in [2.75, 3.05) is 13.2 Å². The van der Waals surface area contributed by atoms with Gasteiger partial charge in [-0.2, -0.15) is 0 Å². The molecule has 6 nitrogen and oxygen atoms in total. The third-order valence-electron chi connectivity index (χ3n) is 14.5. The lowest BCUT2D eigenvalue weighted by Crippen LogP contribution is -2.30. The molecule has 0 saturated heterocycles. The van der Waals surface area contributed by atoms with E-state index in [4.69, 9.17) is 14.2 Å². The Morgan fingerprint density at radius 1 is 0.271 bits per heavy atom. The fourth-order valence-corrected chi connectivity index (χ4v) is 9.74. The predicted molar refractivity (Wildman–Crippen MR) is 303 cm³/mol. The van der Waals surface area contributed by atoms with Crippen LogP contribution in [-0.4, -0.2) is 37.2 Å². The summed E-state index contributed by atoms with van der Waals surface area (Å²) in [6.45, 7) is 6.62. The van der Waals surface area contributed by atoms with Gasteiger partial charge in [0.2, 0.25) is 0 Å². The number of carbonyl (C=O) groups excluding carboxylic acids is 3. The van der Waals surface area contributed by atoms with Crippen molar-refractivity contribution in [1.82, 2.24) is 0 Å². The van der Waals surface area contributed by atoms with Gasteiger partial charge in [0.1, 0.15) is 13.2 Å². The Bertz CT molecular complexity index is 1090. The molecule has 6 heteroatoms. The highest BCUT2D eigenvalue weighted by Crippen LogP contribution is 2.18. The predicted octanol–water partition coefficient (Wildman–Crippen LogP) is 21.3. The van der Waals surface area contributed by atoms with Gasteiger partial charge in [0.05, 0.1) is 0 Å². The summed E-state index contributed by atoms with van der Waals surface area (Å²) >= 11 is 0. The Labute approximate surface area is 437 Å². The van der Waals surface area contributed by atoms with Crippen LogP contribution in [0, 0.1) is 0 Å². The van der Waals surface area contributed by atoms with Crippen molar-refractivity contribution >= 4 is 17.9 Å². The van der Waals surface area contributed by atoms with Crippen molar-refractivity contribution in [1.29, 1.82) is 0 Å². The summed E-state index contributed by atoms with van der Waals surface area (Å²) in [7, 11) is 0. The van der Waals surface area contributed by atoms with E-state index >= 15 is 0 Å². The van der Waals surface area contributed by atoms with Crippen LogP contribution in [0.1, 0.15) is 361 Å². The van der Waals surface area contributed by atoms with E-state index in [9.17, 15) is 14.4 Å². The van der Waals surface area contributed by atoms with Crippen LogP contribution in [0.25, 0.3) is 0 Å². The van der Waals surface area contributed by atoms with Crippen LogP contribution in [0.5, 0.6) is 0 Å². The molecule has 0 radical (unpaired) electrons. The fraction of sp³-hybridized carbons (Fsp3) is 0.922. The van der Waals surface area contributed by atoms with Crippen LogP contribution in [0.15, 0.2) is 12.2 Å². The summed E-state index contributed by atoms with van der Waals surface area (Å²) in [4.78, 5) is 38.0. The van der Waals surface area contributed by atoms with E-state index in [2.05, 4.69) is 32.9 Å². The van der Waals surface area contributed by atoms with Crippen LogP contribution in [-0.2, 0) is 28.6 Å². The van der Waals surface area contributed by atoms with Crippen LogP contribution in [0.4, 0.5) is 0 Å². The summed E-state index contributed by atoms with van der Waals surface area (Å²) in [5.41, 5.74) is 0. The summed E-state index contributed by atoms with van der Waals surface area (Å²) in [6, 6.07) is 0. The molecule has 0 N–H and O–H groups in total. The molecule has 0 aliphatic rings. The Morgan fingerprint density at radius 2 is 0.500 bits per heavy atom. The monoisotopic (exact) mass is 987 g/mol. The first-order valence-corrected chi connectivity index (χ1v) is 31.7. The molecule has 0 aliphatic carbocycles. The minimum atomic E-state index is -0.766. The van der Waals surface area contributed by atoms with E-state index in [1.54, 1.807) is 0 Å². The zero-order valence-electron chi connectivity index (χ0n) is 47.6. The first kappa shape index (κ1) is 68.2. The fourth-order valence-electron chi connectivity index (χ4n) is 9.74. The molecule has 0 amide bonds. The number of allylic oxidation sites excluding steroid dienone is 2. The van der Waals surface area contributed by atoms with Gasteiger partial charge in [-0.15, -0.1) is 0 Å². The van der Waals surface area contributed by atoms with Gasteiger partial charge in [-0.3, -0.25) is 14.4 Å². The van der Waals surface area contributed by atoms with E-state index in [0.717, 1.165) is 70.6 Å². The lowest BCUT2D eigenvalue weighted by atomic mass is 10.0. The highest BCUT2D eigenvalue weighted by Gasteiger charge is 2.19. The first-order valence-electron chi connectivity index (χ1n) is 31.7. The number of esters is 3. The number of unbranched alkanes of at least 4 members (excludes halogenated alkanes) is 46. The van der Waals surface area contributed by atoms with Gasteiger partial charge in [-0.25, -0.2) is 0 Å². The molecular weight excluding hydrogens is 865 g/mol. The second kappa shape index (κ2) is 59.7. The van der Waals surface area contributed by atoms with Gasteiger partial charge in [-0.05, 0) is 38.5 Å². The average Bonchev–Trinajstić information content (AvgIpc) is 3.36. The maximum absolute atomic E-state index is 12.8. The summed E-state index contributed by atoms with van der Waals surface area (Å²) in [5, 5.41) is 0. The van der Waals surface area contributed by atoms with Crippen molar-refractivity contribution in [2.45, 2.75) is 367 Å². The summed E-state index contributed by atoms with van der Waals surface area (Å²) in [6.07, 6.45) is 69.7. The van der Waals surface area contributed by atoms with Crippen molar-refractivity contribution in [3.63, 3.8) is 0 Å². The smallest absolute Gasteiger partial charge is 0.306 e. The van der Waals surface area contributed by atoms with Gasteiger partial charge in [0.15, 0.2) is 6.10 Å². The average molecular weight is 988 g/mol. The van der Waals surface area contributed by atoms with E-state index in [0.29, 0.717) is 19.3 Å². The number of hydrogen-bond donors (Lipinski definition) is 0. The Balaban J connectivity index is 3.96. The number of hydrogen-bond acceptors (Lipinski definition) is 6. The standard InChI is InChI=1S/C64H122O6/c1-4-7-10-13-16-19-22-23-24-25-26-27-28-29-30-31-32-33-34-35-36-37-38-39-40-41-43-45-48-51-54-57-63(66)69-60-61(59-68-62(65)56-53-50-47-44-21-18-15-12-9-6-3)70-64(67)58-55-52-49-46-42-20-17-14-11-8-5-2/h12,15,61H,4-11,13-14,16-60H2,1-3H3/b15-12-. The molecule has 1 unspecified atom stereocenters. The molecule has 0 aliphatic heterocycles. The van der Waals surface area contributed by atoms with E-state index in [-0.39, 0.29) is 31.1 Å². The van der Waals surface area contributed by atoms with Crippen molar-refractivity contribution < 1.29 is 28.6 Å². The molecule has 70 heavy (non-hydrogen) atoms. The Kier molecular flexibility index (Phi) is 58.1. The summed E-state index contributed by atoms with van der Waals surface area (Å²) in [5.74, 6) is -0.857. The highest BCUT2D eigenvalue weighted by molar-refractivity contribution is 5.71. The number of ether oxygens (including phenoxy) is 3. The molecule has 0 aromatic heterocycles. The van der Waals surface area contributed by atoms with Crippen molar-refractivity contribution in [3.05, 3.63) is 12.2 Å². The third-order valence-corrected chi connectivity index (χ3v) is 14.5. The van der Waals surface area contributed by atoms with E-state index < -0.39 is 6.10 Å². The molecule has 0 heterocycles. The Hall–Kier alpha value is -1.85. The topological polar surface area (TPSA) is 78.9 Å². The maximum atomic E-state index is 12.8. The zero-order valence-corrected chi connectivity index (χ0v) is 47.6. The molecule has 0 saturated carbocycles. The van der Waals surface area contributed by atoms with Gasteiger partial charge in [-0.1, -0.05) is 315 Å². The molecule has 0 rings (SSSR count). The molecular formula is C64H122O6. The van der Waals surface area contributed by atoms with Gasteiger partial charge in [0.25, 0.3) is 0 Å². The van der Waals surface area contributed by atoms with E-state index in [1.165, 1.54) is 250 Å². The van der Waals surface area contributed by atoms with Crippen LogP contribution in [0.2, 0.25) is 0 Å². The molecule has 0 aromatic carbocycles.